The van der Waals surface area contributed by atoms with Crippen LogP contribution >= 0.6 is 0 Å². The summed E-state index contributed by atoms with van der Waals surface area (Å²) in [6.07, 6.45) is 4.23. The van der Waals surface area contributed by atoms with Gasteiger partial charge in [0.05, 0.1) is 18.2 Å². The van der Waals surface area contributed by atoms with Gasteiger partial charge in [-0.15, -0.1) is 0 Å². The Kier molecular flexibility index (Phi) is 7.05. The number of nitrogens with one attached hydrogen (secondary N) is 1. The van der Waals surface area contributed by atoms with Gasteiger partial charge in [0.15, 0.2) is 0 Å². The normalized spacial score (nSPS) is 17.8. The molecule has 5 heteroatoms. The quantitative estimate of drug-likeness (QED) is 0.614. The van der Waals surface area contributed by atoms with Crippen molar-refractivity contribution in [3.8, 4) is 0 Å². The molecule has 2 heterocycles. The predicted molar refractivity (Wildman–Crippen MR) is 120 cm³/mol. The number of amides is 1. The molecule has 4 rings (SSSR count). The Bertz CT molecular complexity index is 963. The minimum atomic E-state index is -0.211. The molecular weight excluding hydrogens is 389 g/mol. The lowest BCUT2D eigenvalue weighted by Crippen LogP contribution is -2.43. The summed E-state index contributed by atoms with van der Waals surface area (Å²) in [7, 11) is 0. The highest BCUT2D eigenvalue weighted by Crippen LogP contribution is 2.30. The molecule has 2 aromatic carbocycles. The fourth-order valence-corrected chi connectivity index (χ4v) is 4.35. The van der Waals surface area contributed by atoms with Gasteiger partial charge >= 0.3 is 0 Å². The number of piperidine rings is 1. The molecule has 0 saturated carbocycles. The summed E-state index contributed by atoms with van der Waals surface area (Å²) in [6.45, 7) is 2.65. The van der Waals surface area contributed by atoms with Crippen molar-refractivity contribution in [1.82, 2.24) is 15.2 Å². The number of halogens is 1. The lowest BCUT2D eigenvalue weighted by Gasteiger charge is -2.37. The van der Waals surface area contributed by atoms with Gasteiger partial charge in [0, 0.05) is 19.3 Å². The first kappa shape index (κ1) is 21.2. The number of carbonyl (C=O) groups excluding carboxylic acids is 1. The first-order valence-corrected chi connectivity index (χ1v) is 10.9. The van der Waals surface area contributed by atoms with Crippen LogP contribution in [0.3, 0.4) is 0 Å². The number of benzene rings is 2. The highest BCUT2D eigenvalue weighted by molar-refractivity contribution is 5.79. The summed E-state index contributed by atoms with van der Waals surface area (Å²) in [5, 5.41) is 3.27. The Hall–Kier alpha value is -3.05. The molecule has 0 radical (unpaired) electrons. The van der Waals surface area contributed by atoms with Crippen molar-refractivity contribution in [2.45, 2.75) is 31.8 Å². The van der Waals surface area contributed by atoms with E-state index in [1.54, 1.807) is 6.20 Å². The number of hydrogen-bond donors (Lipinski definition) is 1. The average Bonchev–Trinajstić information content (AvgIpc) is 2.80. The first-order valence-electron chi connectivity index (χ1n) is 10.9. The van der Waals surface area contributed by atoms with E-state index >= 15 is 0 Å². The third kappa shape index (κ3) is 5.98. The van der Waals surface area contributed by atoms with Gasteiger partial charge in [-0.1, -0.05) is 48.5 Å². The molecule has 2 unspecified atom stereocenters. The maximum atomic E-state index is 13.2. The van der Waals surface area contributed by atoms with Crippen molar-refractivity contribution in [3.63, 3.8) is 0 Å². The molecule has 1 N–H and O–H groups in total. The SMILES string of the molecule is O=C(Cc1ccccc1)NC(c1ccccn1)C1CCCN(Cc2ccc(F)cc2)C1. The van der Waals surface area contributed by atoms with Crippen molar-refractivity contribution in [1.29, 1.82) is 0 Å². The minimum Gasteiger partial charge on any atom is -0.347 e. The number of likely N-dealkylation sites (tertiary alicyclic amines) is 1. The van der Waals surface area contributed by atoms with Crippen LogP contribution in [0.2, 0.25) is 0 Å². The Balaban J connectivity index is 1.46. The molecule has 1 aromatic heterocycles. The Morgan fingerprint density at radius 2 is 1.81 bits per heavy atom. The molecule has 1 saturated heterocycles. The van der Waals surface area contributed by atoms with E-state index in [4.69, 9.17) is 0 Å². The van der Waals surface area contributed by atoms with E-state index in [1.165, 1.54) is 12.1 Å². The molecule has 0 aliphatic carbocycles. The second kappa shape index (κ2) is 10.3. The van der Waals surface area contributed by atoms with Gasteiger partial charge in [0.2, 0.25) is 5.91 Å². The molecule has 1 aliphatic rings. The summed E-state index contributed by atoms with van der Waals surface area (Å²) in [6, 6.07) is 22.2. The van der Waals surface area contributed by atoms with E-state index in [1.807, 2.05) is 60.7 Å². The summed E-state index contributed by atoms with van der Waals surface area (Å²) < 4.78 is 13.2. The van der Waals surface area contributed by atoms with E-state index < -0.39 is 0 Å². The molecule has 4 nitrogen and oxygen atoms in total. The average molecular weight is 418 g/mol. The van der Waals surface area contributed by atoms with Crippen molar-refractivity contribution in [2.24, 2.45) is 5.92 Å². The molecule has 0 spiro atoms. The van der Waals surface area contributed by atoms with Crippen LogP contribution in [0.1, 0.15) is 35.7 Å². The molecule has 3 aromatic rings. The van der Waals surface area contributed by atoms with Crippen LogP contribution in [0.25, 0.3) is 0 Å². The number of aromatic nitrogens is 1. The lowest BCUT2D eigenvalue weighted by atomic mass is 9.88. The lowest BCUT2D eigenvalue weighted by molar-refractivity contribution is -0.121. The first-order chi connectivity index (χ1) is 15.2. The summed E-state index contributed by atoms with van der Waals surface area (Å²) in [5.74, 6) is 0.0675. The van der Waals surface area contributed by atoms with Crippen LogP contribution in [-0.2, 0) is 17.8 Å². The van der Waals surface area contributed by atoms with Gasteiger partial charge in [-0.05, 0) is 60.7 Å². The number of pyridine rings is 1. The Labute approximate surface area is 183 Å². The maximum absolute atomic E-state index is 13.2. The fourth-order valence-electron chi connectivity index (χ4n) is 4.35. The van der Waals surface area contributed by atoms with Crippen LogP contribution in [0.5, 0.6) is 0 Å². The van der Waals surface area contributed by atoms with Crippen LogP contribution in [0, 0.1) is 11.7 Å². The number of hydrogen-bond acceptors (Lipinski definition) is 3. The second-order valence-electron chi connectivity index (χ2n) is 8.23. The molecular formula is C26H28FN3O. The van der Waals surface area contributed by atoms with Crippen LogP contribution in [0.4, 0.5) is 4.39 Å². The zero-order valence-electron chi connectivity index (χ0n) is 17.6. The third-order valence-electron chi connectivity index (χ3n) is 5.86. The van der Waals surface area contributed by atoms with Crippen LogP contribution in [0.15, 0.2) is 79.0 Å². The van der Waals surface area contributed by atoms with E-state index in [0.29, 0.717) is 6.42 Å². The standard InChI is InChI=1S/C26H28FN3O/c27-23-13-11-21(12-14-23)18-30-16-6-9-22(19-30)26(24-10-4-5-15-28-24)29-25(31)17-20-7-2-1-3-8-20/h1-5,7-8,10-15,22,26H,6,9,16-19H2,(H,29,31). The number of nitrogens with zero attached hydrogens (tertiary/aromatic N) is 2. The summed E-state index contributed by atoms with van der Waals surface area (Å²) in [4.78, 5) is 19.8. The smallest absolute Gasteiger partial charge is 0.224 e. The molecule has 160 valence electrons. The number of carbonyl (C=O) groups is 1. The Morgan fingerprint density at radius 1 is 1.03 bits per heavy atom. The van der Waals surface area contributed by atoms with E-state index in [2.05, 4.69) is 15.2 Å². The van der Waals surface area contributed by atoms with Crippen molar-refractivity contribution < 1.29 is 9.18 Å². The fraction of sp³-hybridized carbons (Fsp3) is 0.308. The van der Waals surface area contributed by atoms with Crippen LogP contribution in [-0.4, -0.2) is 28.9 Å². The molecule has 1 aliphatic heterocycles. The van der Waals surface area contributed by atoms with E-state index in [0.717, 1.165) is 49.3 Å². The van der Waals surface area contributed by atoms with E-state index in [-0.39, 0.29) is 23.7 Å². The summed E-state index contributed by atoms with van der Waals surface area (Å²) in [5.41, 5.74) is 3.00. The van der Waals surface area contributed by atoms with Gasteiger partial charge < -0.3 is 5.32 Å². The van der Waals surface area contributed by atoms with Crippen molar-refractivity contribution in [3.05, 3.63) is 102 Å². The zero-order chi connectivity index (χ0) is 21.5. The molecule has 1 amide bonds. The molecule has 31 heavy (non-hydrogen) atoms. The highest BCUT2D eigenvalue weighted by Gasteiger charge is 2.30. The minimum absolute atomic E-state index is 0.0116. The summed E-state index contributed by atoms with van der Waals surface area (Å²) >= 11 is 0. The van der Waals surface area contributed by atoms with E-state index in [9.17, 15) is 9.18 Å². The maximum Gasteiger partial charge on any atom is 0.224 e. The van der Waals surface area contributed by atoms with Gasteiger partial charge in [-0.25, -0.2) is 4.39 Å². The topological polar surface area (TPSA) is 45.2 Å². The highest BCUT2D eigenvalue weighted by atomic mass is 19.1. The molecule has 2 atom stereocenters. The molecule has 0 bridgehead atoms. The largest absolute Gasteiger partial charge is 0.347 e. The van der Waals surface area contributed by atoms with Crippen molar-refractivity contribution >= 4 is 5.91 Å². The third-order valence-corrected chi connectivity index (χ3v) is 5.86. The van der Waals surface area contributed by atoms with Gasteiger partial charge in [-0.3, -0.25) is 14.7 Å². The van der Waals surface area contributed by atoms with Crippen molar-refractivity contribution in [2.75, 3.05) is 13.1 Å². The van der Waals surface area contributed by atoms with Crippen LogP contribution < -0.4 is 5.32 Å². The number of rotatable bonds is 7. The Morgan fingerprint density at radius 3 is 2.55 bits per heavy atom. The molecule has 1 fully saturated rings. The van der Waals surface area contributed by atoms with Gasteiger partial charge in [0.1, 0.15) is 5.82 Å². The monoisotopic (exact) mass is 417 g/mol. The second-order valence-corrected chi connectivity index (χ2v) is 8.23. The van der Waals surface area contributed by atoms with Gasteiger partial charge in [-0.2, -0.15) is 0 Å². The zero-order valence-corrected chi connectivity index (χ0v) is 17.6. The van der Waals surface area contributed by atoms with Gasteiger partial charge in [0.25, 0.3) is 0 Å². The predicted octanol–water partition coefficient (Wildman–Crippen LogP) is 4.53.